The Morgan fingerprint density at radius 2 is 1.81 bits per heavy atom. The molecule has 0 saturated heterocycles. The summed E-state index contributed by atoms with van der Waals surface area (Å²) in [4.78, 5) is 15.3. The van der Waals surface area contributed by atoms with Crippen molar-refractivity contribution < 1.29 is 9.53 Å². The van der Waals surface area contributed by atoms with Crippen LogP contribution in [0.2, 0.25) is 0 Å². The number of hydrogen-bond donors (Lipinski definition) is 0. The molecule has 27 heavy (non-hydrogen) atoms. The Morgan fingerprint density at radius 1 is 1.04 bits per heavy atom. The van der Waals surface area contributed by atoms with Gasteiger partial charge in [-0.1, -0.05) is 44.4 Å². The highest BCUT2D eigenvalue weighted by molar-refractivity contribution is 6.08. The standard InChI is InChI=1S/C23H28N2O2/c1-4-5-6-10-15-25(19-11-8-7-9-12-19)23(26)22-17-18-16-20(27-3)13-14-21(18)24(22)2/h7-9,11-14,16-17H,4-6,10,15H2,1-3H3. The van der Waals surface area contributed by atoms with Crippen molar-refractivity contribution in [3.63, 3.8) is 0 Å². The zero-order chi connectivity index (χ0) is 19.2. The number of benzene rings is 2. The summed E-state index contributed by atoms with van der Waals surface area (Å²) in [5, 5.41) is 1.01. The summed E-state index contributed by atoms with van der Waals surface area (Å²) in [5.74, 6) is 0.835. The van der Waals surface area contributed by atoms with E-state index in [0.717, 1.165) is 41.7 Å². The van der Waals surface area contributed by atoms with Crippen LogP contribution in [-0.4, -0.2) is 24.1 Å². The summed E-state index contributed by atoms with van der Waals surface area (Å²) in [6, 6.07) is 17.8. The molecule has 142 valence electrons. The van der Waals surface area contributed by atoms with Crippen LogP contribution in [0.1, 0.15) is 43.1 Å². The summed E-state index contributed by atoms with van der Waals surface area (Å²) in [6.07, 6.45) is 4.53. The molecule has 3 aromatic rings. The maximum Gasteiger partial charge on any atom is 0.274 e. The second-order valence-electron chi connectivity index (χ2n) is 6.87. The first-order valence-corrected chi connectivity index (χ1v) is 9.66. The third-order valence-electron chi connectivity index (χ3n) is 5.02. The van der Waals surface area contributed by atoms with Crippen molar-refractivity contribution in [3.05, 3.63) is 60.3 Å². The van der Waals surface area contributed by atoms with Gasteiger partial charge in [-0.2, -0.15) is 0 Å². The minimum absolute atomic E-state index is 0.0374. The lowest BCUT2D eigenvalue weighted by Gasteiger charge is -2.23. The van der Waals surface area contributed by atoms with Crippen molar-refractivity contribution in [2.75, 3.05) is 18.6 Å². The van der Waals surface area contributed by atoms with Crippen molar-refractivity contribution in [1.82, 2.24) is 4.57 Å². The van der Waals surface area contributed by atoms with Crippen LogP contribution in [0.3, 0.4) is 0 Å². The van der Waals surface area contributed by atoms with Gasteiger partial charge < -0.3 is 14.2 Å². The number of carbonyl (C=O) groups excluding carboxylic acids is 1. The zero-order valence-electron chi connectivity index (χ0n) is 16.4. The maximum absolute atomic E-state index is 13.4. The topological polar surface area (TPSA) is 34.5 Å². The largest absolute Gasteiger partial charge is 0.497 e. The zero-order valence-corrected chi connectivity index (χ0v) is 16.4. The number of carbonyl (C=O) groups is 1. The van der Waals surface area contributed by atoms with Gasteiger partial charge in [0.1, 0.15) is 11.4 Å². The fourth-order valence-electron chi connectivity index (χ4n) is 3.45. The molecule has 0 saturated carbocycles. The predicted octanol–water partition coefficient (Wildman–Crippen LogP) is 5.41. The number of anilines is 1. The van der Waals surface area contributed by atoms with Gasteiger partial charge in [-0.25, -0.2) is 0 Å². The number of nitrogens with zero attached hydrogens (tertiary/aromatic N) is 2. The Balaban J connectivity index is 1.93. The van der Waals surface area contributed by atoms with Gasteiger partial charge >= 0.3 is 0 Å². The first kappa shape index (κ1) is 19.0. The molecule has 1 amide bonds. The first-order valence-electron chi connectivity index (χ1n) is 9.66. The van der Waals surface area contributed by atoms with Crippen LogP contribution >= 0.6 is 0 Å². The van der Waals surface area contributed by atoms with Crippen molar-refractivity contribution >= 4 is 22.5 Å². The number of rotatable bonds is 8. The highest BCUT2D eigenvalue weighted by atomic mass is 16.5. The van der Waals surface area contributed by atoms with E-state index in [0.29, 0.717) is 5.69 Å². The van der Waals surface area contributed by atoms with Crippen LogP contribution in [0.25, 0.3) is 10.9 Å². The number of aromatic nitrogens is 1. The SMILES string of the molecule is CCCCCCN(C(=O)c1cc2cc(OC)ccc2n1C)c1ccccc1. The molecule has 1 heterocycles. The van der Waals surface area contributed by atoms with Crippen molar-refractivity contribution in [3.8, 4) is 5.75 Å². The molecular formula is C23H28N2O2. The number of para-hydroxylation sites is 1. The molecular weight excluding hydrogens is 336 g/mol. The highest BCUT2D eigenvalue weighted by Crippen LogP contribution is 2.26. The Kier molecular flexibility index (Phi) is 6.17. The van der Waals surface area contributed by atoms with E-state index in [1.807, 2.05) is 71.1 Å². The van der Waals surface area contributed by atoms with Gasteiger partial charge in [0.15, 0.2) is 0 Å². The lowest BCUT2D eigenvalue weighted by atomic mass is 10.1. The van der Waals surface area contributed by atoms with Gasteiger partial charge in [-0.05, 0) is 42.8 Å². The van der Waals surface area contributed by atoms with Gasteiger partial charge in [0.25, 0.3) is 5.91 Å². The van der Waals surface area contributed by atoms with Gasteiger partial charge in [0, 0.05) is 30.2 Å². The van der Waals surface area contributed by atoms with Crippen molar-refractivity contribution in [2.45, 2.75) is 32.6 Å². The van der Waals surface area contributed by atoms with E-state index in [1.54, 1.807) is 7.11 Å². The second-order valence-corrected chi connectivity index (χ2v) is 6.87. The minimum Gasteiger partial charge on any atom is -0.497 e. The first-order chi connectivity index (χ1) is 13.2. The second kappa shape index (κ2) is 8.76. The Bertz CT molecular complexity index is 899. The van der Waals surface area contributed by atoms with E-state index >= 15 is 0 Å². The van der Waals surface area contributed by atoms with Crippen LogP contribution in [0.5, 0.6) is 5.75 Å². The normalized spacial score (nSPS) is 10.9. The summed E-state index contributed by atoms with van der Waals surface area (Å²) < 4.78 is 7.29. The minimum atomic E-state index is 0.0374. The lowest BCUT2D eigenvalue weighted by molar-refractivity contribution is 0.0979. The van der Waals surface area contributed by atoms with Crippen molar-refractivity contribution in [2.24, 2.45) is 7.05 Å². The molecule has 0 radical (unpaired) electrons. The molecule has 0 fully saturated rings. The Hall–Kier alpha value is -2.75. The molecule has 3 rings (SSSR count). The fraction of sp³-hybridized carbons (Fsp3) is 0.348. The van der Waals surface area contributed by atoms with Gasteiger partial charge in [0.2, 0.25) is 0 Å². The molecule has 0 spiro atoms. The van der Waals surface area contributed by atoms with E-state index < -0.39 is 0 Å². The third kappa shape index (κ3) is 4.16. The van der Waals surface area contributed by atoms with Crippen LogP contribution in [0.4, 0.5) is 5.69 Å². The van der Waals surface area contributed by atoms with Crippen LogP contribution in [0, 0.1) is 0 Å². The highest BCUT2D eigenvalue weighted by Gasteiger charge is 2.21. The van der Waals surface area contributed by atoms with E-state index in [-0.39, 0.29) is 5.91 Å². The summed E-state index contributed by atoms with van der Waals surface area (Å²) >= 11 is 0. The van der Waals surface area contributed by atoms with Crippen LogP contribution in [-0.2, 0) is 7.05 Å². The molecule has 0 atom stereocenters. The molecule has 4 heteroatoms. The summed E-state index contributed by atoms with van der Waals surface area (Å²) in [5.41, 5.74) is 2.66. The summed E-state index contributed by atoms with van der Waals surface area (Å²) in [6.45, 7) is 2.93. The fourth-order valence-corrected chi connectivity index (χ4v) is 3.45. The lowest BCUT2D eigenvalue weighted by Crippen LogP contribution is -2.33. The van der Waals surface area contributed by atoms with E-state index in [1.165, 1.54) is 12.8 Å². The van der Waals surface area contributed by atoms with Crippen LogP contribution < -0.4 is 9.64 Å². The molecule has 0 aliphatic heterocycles. The average molecular weight is 364 g/mol. The molecule has 0 unspecified atom stereocenters. The Labute approximate surface area is 161 Å². The number of aryl methyl sites for hydroxylation is 1. The van der Waals surface area contributed by atoms with Crippen LogP contribution in [0.15, 0.2) is 54.6 Å². The Morgan fingerprint density at radius 3 is 2.52 bits per heavy atom. The molecule has 1 aromatic heterocycles. The van der Waals surface area contributed by atoms with Gasteiger partial charge in [0.05, 0.1) is 7.11 Å². The van der Waals surface area contributed by atoms with Crippen molar-refractivity contribution in [1.29, 1.82) is 0 Å². The van der Waals surface area contributed by atoms with E-state index in [9.17, 15) is 4.79 Å². The van der Waals surface area contributed by atoms with Gasteiger partial charge in [-0.15, -0.1) is 0 Å². The maximum atomic E-state index is 13.4. The van der Waals surface area contributed by atoms with Gasteiger partial charge in [-0.3, -0.25) is 4.79 Å². The number of hydrogen-bond acceptors (Lipinski definition) is 2. The van der Waals surface area contributed by atoms with E-state index in [2.05, 4.69) is 6.92 Å². The molecule has 2 aromatic carbocycles. The molecule has 0 N–H and O–H groups in total. The predicted molar refractivity (Wildman–Crippen MR) is 112 cm³/mol. The number of unbranched alkanes of at least 4 members (excludes halogenated alkanes) is 3. The third-order valence-corrected chi connectivity index (χ3v) is 5.02. The summed E-state index contributed by atoms with van der Waals surface area (Å²) in [7, 11) is 3.60. The number of amides is 1. The smallest absolute Gasteiger partial charge is 0.274 e. The average Bonchev–Trinajstić information content (AvgIpc) is 3.04. The molecule has 4 nitrogen and oxygen atoms in total. The molecule has 0 bridgehead atoms. The quantitative estimate of drug-likeness (QED) is 0.501. The molecule has 0 aliphatic carbocycles. The number of methoxy groups -OCH3 is 1. The number of fused-ring (bicyclic) bond motifs is 1. The monoisotopic (exact) mass is 364 g/mol. The number of ether oxygens (including phenoxy) is 1. The molecule has 0 aliphatic rings. The van der Waals surface area contributed by atoms with E-state index in [4.69, 9.17) is 4.74 Å².